The van der Waals surface area contributed by atoms with Crippen LogP contribution in [0, 0.1) is 0 Å². The second-order valence-corrected chi connectivity index (χ2v) is 5.17. The predicted molar refractivity (Wildman–Crippen MR) is 57.1 cm³/mol. The normalized spacial score (nSPS) is 12.2. The summed E-state index contributed by atoms with van der Waals surface area (Å²) < 4.78 is 47.7. The van der Waals surface area contributed by atoms with Crippen molar-refractivity contribution in [1.82, 2.24) is 0 Å². The van der Waals surface area contributed by atoms with E-state index in [4.69, 9.17) is 0 Å². The first kappa shape index (κ1) is 11.0. The van der Waals surface area contributed by atoms with Gasteiger partial charge < -0.3 is 0 Å². The highest BCUT2D eigenvalue weighted by Crippen LogP contribution is 2.26. The van der Waals surface area contributed by atoms with Crippen LogP contribution in [0.4, 0.5) is 8.78 Å². The summed E-state index contributed by atoms with van der Waals surface area (Å²) in [6.45, 7) is 0. The van der Waals surface area contributed by atoms with Crippen LogP contribution in [0.2, 0.25) is 0 Å². The zero-order chi connectivity index (χ0) is 11.8. The van der Waals surface area contributed by atoms with Crippen LogP contribution in [0.3, 0.4) is 0 Å². The van der Waals surface area contributed by atoms with Crippen molar-refractivity contribution in [3.63, 3.8) is 0 Å². The van der Waals surface area contributed by atoms with Crippen LogP contribution in [0.1, 0.15) is 0 Å². The fourth-order valence-corrected chi connectivity index (χ4v) is 2.49. The molecule has 0 aliphatic carbocycles. The quantitative estimate of drug-likeness (QED) is 0.811. The Morgan fingerprint density at radius 3 is 2.25 bits per heavy atom. The summed E-state index contributed by atoms with van der Waals surface area (Å²) in [7, 11) is -4.54. The van der Waals surface area contributed by atoms with Crippen LogP contribution in [0.15, 0.2) is 47.4 Å². The fourth-order valence-electron chi connectivity index (χ4n) is 1.54. The molecule has 84 valence electrons. The lowest BCUT2D eigenvalue weighted by molar-refractivity contribution is 0.235. The fraction of sp³-hybridized carbons (Fsp3) is 0.0909. The Morgan fingerprint density at radius 1 is 0.938 bits per heavy atom. The maximum atomic E-state index is 12.4. The van der Waals surface area contributed by atoms with E-state index in [2.05, 4.69) is 0 Å². The minimum Gasteiger partial charge on any atom is -0.218 e. The molecule has 0 spiro atoms. The van der Waals surface area contributed by atoms with Crippen molar-refractivity contribution in [3.8, 4) is 0 Å². The van der Waals surface area contributed by atoms with Gasteiger partial charge in [-0.2, -0.15) is 8.78 Å². The Bertz CT molecular complexity index is 615. The van der Waals surface area contributed by atoms with Crippen molar-refractivity contribution < 1.29 is 17.2 Å². The molecule has 2 rings (SSSR count). The van der Waals surface area contributed by atoms with Crippen LogP contribution < -0.4 is 0 Å². The maximum absolute atomic E-state index is 12.4. The van der Waals surface area contributed by atoms with Gasteiger partial charge in [0.25, 0.3) is 0 Å². The number of rotatable bonds is 2. The van der Waals surface area contributed by atoms with E-state index in [1.807, 2.05) is 0 Å². The van der Waals surface area contributed by atoms with Gasteiger partial charge in [-0.05, 0) is 11.5 Å². The minimum atomic E-state index is -4.54. The molecule has 16 heavy (non-hydrogen) atoms. The van der Waals surface area contributed by atoms with Gasteiger partial charge in [-0.1, -0.05) is 36.4 Å². The molecule has 5 heteroatoms. The molecule has 0 radical (unpaired) electrons. The van der Waals surface area contributed by atoms with E-state index in [0.29, 0.717) is 10.8 Å². The van der Waals surface area contributed by atoms with Crippen molar-refractivity contribution in [2.45, 2.75) is 10.7 Å². The minimum absolute atomic E-state index is 0.319. The van der Waals surface area contributed by atoms with E-state index in [1.54, 1.807) is 24.3 Å². The van der Waals surface area contributed by atoms with Gasteiger partial charge in [0.1, 0.15) is 0 Å². The first-order chi connectivity index (χ1) is 7.53. The number of alkyl halides is 2. The van der Waals surface area contributed by atoms with Crippen molar-refractivity contribution in [3.05, 3.63) is 42.5 Å². The molecular formula is C11H8F2O2S. The molecule has 2 nitrogen and oxygen atoms in total. The number of halogens is 2. The van der Waals surface area contributed by atoms with Gasteiger partial charge in [-0.15, -0.1) is 0 Å². The number of hydrogen-bond donors (Lipinski definition) is 0. The largest absolute Gasteiger partial charge is 0.341 e. The maximum Gasteiger partial charge on any atom is 0.341 e. The smallest absolute Gasteiger partial charge is 0.218 e. The third-order valence-corrected chi connectivity index (χ3v) is 3.73. The molecule has 0 aromatic heterocycles. The van der Waals surface area contributed by atoms with Crippen LogP contribution in [0.5, 0.6) is 0 Å². The van der Waals surface area contributed by atoms with Crippen LogP contribution >= 0.6 is 0 Å². The van der Waals surface area contributed by atoms with Crippen molar-refractivity contribution in [1.29, 1.82) is 0 Å². The SMILES string of the molecule is O=S(=O)(c1cccc2ccccc12)C(F)F. The Balaban J connectivity index is 2.80. The molecule has 0 N–H and O–H groups in total. The number of sulfone groups is 1. The van der Waals surface area contributed by atoms with Gasteiger partial charge >= 0.3 is 5.76 Å². The molecule has 0 aliphatic rings. The predicted octanol–water partition coefficient (Wildman–Crippen LogP) is 2.84. The summed E-state index contributed by atoms with van der Waals surface area (Å²) in [5.74, 6) is -3.39. The first-order valence-corrected chi connectivity index (χ1v) is 6.08. The lowest BCUT2D eigenvalue weighted by Crippen LogP contribution is -2.11. The lowest BCUT2D eigenvalue weighted by Gasteiger charge is -2.06. The number of hydrogen-bond acceptors (Lipinski definition) is 2. The molecule has 0 unspecified atom stereocenters. The number of benzene rings is 2. The van der Waals surface area contributed by atoms with Gasteiger partial charge in [0.2, 0.25) is 9.84 Å². The van der Waals surface area contributed by atoms with E-state index in [9.17, 15) is 17.2 Å². The van der Waals surface area contributed by atoms with Crippen LogP contribution in [-0.2, 0) is 9.84 Å². The van der Waals surface area contributed by atoms with Crippen LogP contribution in [-0.4, -0.2) is 14.2 Å². The highest BCUT2D eigenvalue weighted by molar-refractivity contribution is 7.92. The Labute approximate surface area is 91.4 Å². The summed E-state index contributed by atoms with van der Waals surface area (Å²) in [5.41, 5.74) is 0. The van der Waals surface area contributed by atoms with E-state index in [-0.39, 0.29) is 4.90 Å². The van der Waals surface area contributed by atoms with Crippen molar-refractivity contribution in [2.75, 3.05) is 0 Å². The van der Waals surface area contributed by atoms with E-state index in [0.717, 1.165) is 0 Å². The van der Waals surface area contributed by atoms with E-state index in [1.165, 1.54) is 18.2 Å². The monoisotopic (exact) mass is 242 g/mol. The zero-order valence-electron chi connectivity index (χ0n) is 8.10. The molecule has 0 amide bonds. The first-order valence-electron chi connectivity index (χ1n) is 4.53. The standard InChI is InChI=1S/C11H8F2O2S/c12-11(13)16(14,15)10-7-3-5-8-4-1-2-6-9(8)10/h1-7,11H. The molecule has 2 aromatic carbocycles. The van der Waals surface area contributed by atoms with Gasteiger partial charge in [0.05, 0.1) is 4.90 Å². The second kappa shape index (κ2) is 3.83. The van der Waals surface area contributed by atoms with Gasteiger partial charge in [-0.25, -0.2) is 8.42 Å². The highest BCUT2D eigenvalue weighted by atomic mass is 32.2. The summed E-state index contributed by atoms with van der Waals surface area (Å²) >= 11 is 0. The number of fused-ring (bicyclic) bond motifs is 1. The molecule has 0 fully saturated rings. The second-order valence-electron chi connectivity index (χ2n) is 3.28. The summed E-state index contributed by atoms with van der Waals surface area (Å²) in [4.78, 5) is -0.319. The Morgan fingerprint density at radius 2 is 1.56 bits per heavy atom. The van der Waals surface area contributed by atoms with E-state index >= 15 is 0 Å². The van der Waals surface area contributed by atoms with Gasteiger partial charge in [0, 0.05) is 5.39 Å². The molecule has 0 saturated heterocycles. The Kier molecular flexibility index (Phi) is 2.63. The summed E-state index contributed by atoms with van der Waals surface area (Å²) in [6.07, 6.45) is 0. The average Bonchev–Trinajstić information content (AvgIpc) is 2.28. The van der Waals surface area contributed by atoms with Crippen molar-refractivity contribution >= 4 is 20.6 Å². The average molecular weight is 242 g/mol. The lowest BCUT2D eigenvalue weighted by atomic mass is 10.1. The van der Waals surface area contributed by atoms with Gasteiger partial charge in [-0.3, -0.25) is 0 Å². The third kappa shape index (κ3) is 1.67. The molecule has 0 bridgehead atoms. The molecular weight excluding hydrogens is 234 g/mol. The molecule has 0 heterocycles. The summed E-state index contributed by atoms with van der Waals surface area (Å²) in [6, 6.07) is 10.9. The van der Waals surface area contributed by atoms with Crippen molar-refractivity contribution in [2.24, 2.45) is 0 Å². The van der Waals surface area contributed by atoms with Crippen LogP contribution in [0.25, 0.3) is 10.8 Å². The summed E-state index contributed by atoms with van der Waals surface area (Å²) in [5, 5.41) is 0.953. The van der Waals surface area contributed by atoms with Gasteiger partial charge in [0.15, 0.2) is 0 Å². The molecule has 2 aromatic rings. The zero-order valence-corrected chi connectivity index (χ0v) is 8.92. The molecule has 0 aliphatic heterocycles. The third-order valence-electron chi connectivity index (χ3n) is 2.29. The molecule has 0 atom stereocenters. The van der Waals surface area contributed by atoms with E-state index < -0.39 is 15.6 Å². The highest BCUT2D eigenvalue weighted by Gasteiger charge is 2.27. The topological polar surface area (TPSA) is 34.1 Å². The molecule has 0 saturated carbocycles. The Hall–Kier alpha value is -1.49.